The molecule has 1 aliphatic rings. The largest absolute Gasteiger partial charge is 0.313 e. The van der Waals surface area contributed by atoms with E-state index < -0.39 is 0 Å². The second-order valence-electron chi connectivity index (χ2n) is 6.41. The zero-order valence-corrected chi connectivity index (χ0v) is 13.2. The van der Waals surface area contributed by atoms with Gasteiger partial charge in [0.25, 0.3) is 0 Å². The molecule has 0 radical (unpaired) electrons. The van der Waals surface area contributed by atoms with Crippen LogP contribution in [0.25, 0.3) is 0 Å². The number of hydrogen-bond donors (Lipinski definition) is 1. The monoisotopic (exact) mass is 259 g/mol. The Bertz CT molecular complexity index is 436. The second-order valence-corrected chi connectivity index (χ2v) is 6.41. The molecule has 0 amide bonds. The fourth-order valence-corrected chi connectivity index (χ4v) is 3.75. The maximum absolute atomic E-state index is 3.59. The highest BCUT2D eigenvalue weighted by atomic mass is 14.9. The number of benzene rings is 1. The van der Waals surface area contributed by atoms with Gasteiger partial charge in [-0.3, -0.25) is 0 Å². The van der Waals surface area contributed by atoms with Gasteiger partial charge in [-0.1, -0.05) is 31.9 Å². The molecule has 0 bridgehead atoms. The van der Waals surface area contributed by atoms with E-state index in [9.17, 15) is 0 Å². The fourth-order valence-electron chi connectivity index (χ4n) is 3.75. The Kier molecular flexibility index (Phi) is 4.67. The van der Waals surface area contributed by atoms with E-state index in [0.717, 1.165) is 11.8 Å². The molecule has 1 heteroatoms. The average Bonchev–Trinajstić information content (AvgIpc) is 2.85. The van der Waals surface area contributed by atoms with E-state index in [-0.39, 0.29) is 0 Å². The zero-order valence-electron chi connectivity index (χ0n) is 13.2. The first-order valence-electron chi connectivity index (χ1n) is 7.81. The van der Waals surface area contributed by atoms with Gasteiger partial charge in [0.2, 0.25) is 0 Å². The molecular formula is C18H29N. The molecule has 0 spiro atoms. The summed E-state index contributed by atoms with van der Waals surface area (Å²) in [5, 5.41) is 3.59. The summed E-state index contributed by atoms with van der Waals surface area (Å²) in [6.45, 7) is 9.04. The van der Waals surface area contributed by atoms with E-state index in [1.165, 1.54) is 47.9 Å². The summed E-state index contributed by atoms with van der Waals surface area (Å²) in [6.07, 6.45) is 5.55. The highest BCUT2D eigenvalue weighted by molar-refractivity contribution is 5.38. The molecule has 1 N–H and O–H groups in total. The minimum atomic E-state index is 0.538. The minimum absolute atomic E-state index is 0.538. The third-order valence-electron chi connectivity index (χ3n) is 5.16. The van der Waals surface area contributed by atoms with Gasteiger partial charge in [0.05, 0.1) is 0 Å². The van der Waals surface area contributed by atoms with Crippen molar-refractivity contribution in [3.8, 4) is 0 Å². The van der Waals surface area contributed by atoms with Gasteiger partial charge >= 0.3 is 0 Å². The first-order valence-corrected chi connectivity index (χ1v) is 7.81. The van der Waals surface area contributed by atoms with Crippen molar-refractivity contribution in [3.05, 3.63) is 34.4 Å². The topological polar surface area (TPSA) is 12.0 Å². The Labute approximate surface area is 118 Å². The molecule has 19 heavy (non-hydrogen) atoms. The number of hydrogen-bond acceptors (Lipinski definition) is 1. The standard InChI is InChI=1S/C18H29N/c1-6-15-7-8-16(11-15)18(19-5)17-10-13(3)12(2)9-14(17)4/h9-10,15-16,18-19H,6-8,11H2,1-5H3. The van der Waals surface area contributed by atoms with Crippen LogP contribution in [0.4, 0.5) is 0 Å². The van der Waals surface area contributed by atoms with E-state index in [1.54, 1.807) is 0 Å². The summed E-state index contributed by atoms with van der Waals surface area (Å²) in [4.78, 5) is 0. The van der Waals surface area contributed by atoms with Crippen molar-refractivity contribution in [3.63, 3.8) is 0 Å². The van der Waals surface area contributed by atoms with E-state index in [4.69, 9.17) is 0 Å². The smallest absolute Gasteiger partial charge is 0.0348 e. The van der Waals surface area contributed by atoms with Crippen molar-refractivity contribution < 1.29 is 0 Å². The van der Waals surface area contributed by atoms with Gasteiger partial charge in [-0.25, -0.2) is 0 Å². The maximum atomic E-state index is 3.59. The highest BCUT2D eigenvalue weighted by Gasteiger charge is 2.30. The van der Waals surface area contributed by atoms with Crippen molar-refractivity contribution in [2.45, 2.75) is 59.4 Å². The van der Waals surface area contributed by atoms with Gasteiger partial charge in [0.1, 0.15) is 0 Å². The van der Waals surface area contributed by atoms with Crippen LogP contribution in [0.2, 0.25) is 0 Å². The number of rotatable bonds is 4. The van der Waals surface area contributed by atoms with Crippen LogP contribution in [-0.2, 0) is 0 Å². The molecule has 1 fully saturated rings. The molecule has 1 aliphatic carbocycles. The van der Waals surface area contributed by atoms with Crippen LogP contribution in [0.5, 0.6) is 0 Å². The third-order valence-corrected chi connectivity index (χ3v) is 5.16. The zero-order chi connectivity index (χ0) is 14.0. The second kappa shape index (κ2) is 6.09. The van der Waals surface area contributed by atoms with Crippen LogP contribution < -0.4 is 5.32 Å². The molecule has 1 aromatic rings. The molecular weight excluding hydrogens is 230 g/mol. The summed E-state index contributed by atoms with van der Waals surface area (Å²) in [5.74, 6) is 1.77. The molecule has 106 valence electrons. The SMILES string of the molecule is CCC1CCC(C(NC)c2cc(C)c(C)cc2C)C1. The van der Waals surface area contributed by atoms with Gasteiger partial charge in [-0.05, 0) is 74.8 Å². The summed E-state index contributed by atoms with van der Waals surface area (Å²) >= 11 is 0. The van der Waals surface area contributed by atoms with Crippen molar-refractivity contribution in [2.75, 3.05) is 7.05 Å². The Balaban J connectivity index is 2.25. The van der Waals surface area contributed by atoms with Gasteiger partial charge in [0.15, 0.2) is 0 Å². The molecule has 1 saturated carbocycles. The van der Waals surface area contributed by atoms with E-state index in [2.05, 4.69) is 52.2 Å². The van der Waals surface area contributed by atoms with Crippen molar-refractivity contribution in [1.82, 2.24) is 5.32 Å². The van der Waals surface area contributed by atoms with Gasteiger partial charge in [0, 0.05) is 6.04 Å². The molecule has 1 nitrogen and oxygen atoms in total. The summed E-state index contributed by atoms with van der Waals surface area (Å²) in [6, 6.07) is 5.29. The molecule has 0 aliphatic heterocycles. The molecule has 0 heterocycles. The summed E-state index contributed by atoms with van der Waals surface area (Å²) < 4.78 is 0. The number of aryl methyl sites for hydroxylation is 3. The Morgan fingerprint density at radius 1 is 1.11 bits per heavy atom. The van der Waals surface area contributed by atoms with Crippen LogP contribution in [0, 0.1) is 32.6 Å². The molecule has 3 unspecified atom stereocenters. The predicted molar refractivity (Wildman–Crippen MR) is 83.6 cm³/mol. The van der Waals surface area contributed by atoms with Crippen LogP contribution >= 0.6 is 0 Å². The minimum Gasteiger partial charge on any atom is -0.313 e. The molecule has 0 aromatic heterocycles. The van der Waals surface area contributed by atoms with Gasteiger partial charge in [-0.2, -0.15) is 0 Å². The Morgan fingerprint density at radius 3 is 2.37 bits per heavy atom. The maximum Gasteiger partial charge on any atom is 0.0348 e. The molecule has 0 saturated heterocycles. The van der Waals surface area contributed by atoms with Crippen molar-refractivity contribution >= 4 is 0 Å². The van der Waals surface area contributed by atoms with E-state index in [1.807, 2.05) is 0 Å². The highest BCUT2D eigenvalue weighted by Crippen LogP contribution is 2.41. The fraction of sp³-hybridized carbons (Fsp3) is 0.667. The lowest BCUT2D eigenvalue weighted by Crippen LogP contribution is -2.25. The number of nitrogens with one attached hydrogen (secondary N) is 1. The Hall–Kier alpha value is -0.820. The lowest BCUT2D eigenvalue weighted by atomic mass is 9.86. The van der Waals surface area contributed by atoms with Crippen molar-refractivity contribution in [2.24, 2.45) is 11.8 Å². The molecule has 1 aromatic carbocycles. The first-order chi connectivity index (χ1) is 9.06. The lowest BCUT2D eigenvalue weighted by molar-refractivity contribution is 0.371. The van der Waals surface area contributed by atoms with Crippen LogP contribution in [0.1, 0.15) is 60.9 Å². The molecule has 3 atom stereocenters. The van der Waals surface area contributed by atoms with Gasteiger partial charge in [-0.15, -0.1) is 0 Å². The first kappa shape index (κ1) is 14.6. The quantitative estimate of drug-likeness (QED) is 0.826. The van der Waals surface area contributed by atoms with Crippen LogP contribution in [0.3, 0.4) is 0 Å². The third kappa shape index (κ3) is 3.02. The lowest BCUT2D eigenvalue weighted by Gasteiger charge is -2.26. The predicted octanol–water partition coefficient (Wildman–Crippen LogP) is 4.70. The summed E-state index contributed by atoms with van der Waals surface area (Å²) in [5.41, 5.74) is 5.80. The molecule has 2 rings (SSSR count). The van der Waals surface area contributed by atoms with Crippen LogP contribution in [0.15, 0.2) is 12.1 Å². The van der Waals surface area contributed by atoms with Crippen LogP contribution in [-0.4, -0.2) is 7.05 Å². The average molecular weight is 259 g/mol. The Morgan fingerprint density at radius 2 is 1.79 bits per heavy atom. The van der Waals surface area contributed by atoms with E-state index in [0.29, 0.717) is 6.04 Å². The van der Waals surface area contributed by atoms with Gasteiger partial charge < -0.3 is 5.32 Å². The van der Waals surface area contributed by atoms with Crippen molar-refractivity contribution in [1.29, 1.82) is 0 Å². The summed E-state index contributed by atoms with van der Waals surface area (Å²) in [7, 11) is 2.12. The normalized spacial score (nSPS) is 24.7. The van der Waals surface area contributed by atoms with E-state index >= 15 is 0 Å².